The number of nitro benzene ring substituents is 1. The second kappa shape index (κ2) is 14.1. The van der Waals surface area contributed by atoms with Crippen molar-refractivity contribution in [1.82, 2.24) is 9.47 Å². The second-order valence-electron chi connectivity index (χ2n) is 10.9. The number of nitro groups is 1. The highest BCUT2D eigenvalue weighted by molar-refractivity contribution is 5.90. The summed E-state index contributed by atoms with van der Waals surface area (Å²) in [4.78, 5) is 40.8. The highest BCUT2D eigenvalue weighted by Gasteiger charge is 2.20. The van der Waals surface area contributed by atoms with Crippen molar-refractivity contribution in [2.75, 3.05) is 63.7 Å². The van der Waals surface area contributed by atoms with Gasteiger partial charge in [0.15, 0.2) is 0 Å². The first kappa shape index (κ1) is 31.5. The van der Waals surface area contributed by atoms with Gasteiger partial charge in [-0.25, -0.2) is 9.18 Å². The van der Waals surface area contributed by atoms with Gasteiger partial charge in [-0.15, -0.1) is 0 Å². The number of nitrogens with zero attached hydrogens (tertiary/aromatic N) is 4. The fraction of sp³-hybridized carbons (Fsp3) is 0.419. The molecular weight excluding hydrogens is 557 g/mol. The Morgan fingerprint density at radius 1 is 1.09 bits per heavy atom. The standard InChI is InChI=1S/C31H38FN5O6/c1-21(19-33-27-18-24(8-9-28(27)37(40)41)36-13-11-34(2)12-14-36)6-5-15-43-29-10-7-23(32)17-25(29)26-16-22(31(39)42-4)20-35(3)30(26)38/h7-10,16-18,20-21,33H,5-6,11-15,19H2,1-4H3/t21-/m1/s1. The van der Waals surface area contributed by atoms with Gasteiger partial charge in [0.05, 0.1) is 29.8 Å². The minimum absolute atomic E-state index is 0.0414. The predicted octanol–water partition coefficient (Wildman–Crippen LogP) is 4.55. The van der Waals surface area contributed by atoms with E-state index in [4.69, 9.17) is 9.47 Å². The number of aromatic nitrogens is 1. The summed E-state index contributed by atoms with van der Waals surface area (Å²) >= 11 is 0. The van der Waals surface area contributed by atoms with Gasteiger partial charge < -0.3 is 29.2 Å². The molecule has 1 N–H and O–H groups in total. The summed E-state index contributed by atoms with van der Waals surface area (Å²) in [7, 11) is 4.83. The Bertz CT molecular complexity index is 1520. The molecule has 1 saturated heterocycles. The smallest absolute Gasteiger partial charge is 0.339 e. The average molecular weight is 596 g/mol. The van der Waals surface area contributed by atoms with Crippen LogP contribution in [0, 0.1) is 21.8 Å². The lowest BCUT2D eigenvalue weighted by molar-refractivity contribution is -0.383. The van der Waals surface area contributed by atoms with Gasteiger partial charge in [0.2, 0.25) is 0 Å². The maximum absolute atomic E-state index is 14.2. The summed E-state index contributed by atoms with van der Waals surface area (Å²) in [5, 5.41) is 14.9. The summed E-state index contributed by atoms with van der Waals surface area (Å²) in [6, 6.07) is 10.5. The Morgan fingerprint density at radius 2 is 1.84 bits per heavy atom. The van der Waals surface area contributed by atoms with Crippen LogP contribution in [-0.2, 0) is 11.8 Å². The van der Waals surface area contributed by atoms with Crippen molar-refractivity contribution >= 4 is 23.0 Å². The number of ether oxygens (including phenoxy) is 2. The lowest BCUT2D eigenvalue weighted by Gasteiger charge is -2.34. The normalized spacial score (nSPS) is 14.3. The van der Waals surface area contributed by atoms with E-state index in [1.807, 2.05) is 6.07 Å². The Balaban J connectivity index is 1.37. The number of pyridine rings is 1. The van der Waals surface area contributed by atoms with Crippen molar-refractivity contribution in [3.05, 3.63) is 80.5 Å². The number of hydrogen-bond acceptors (Lipinski definition) is 9. The lowest BCUT2D eigenvalue weighted by Crippen LogP contribution is -2.44. The third kappa shape index (κ3) is 7.89. The first-order valence-electron chi connectivity index (χ1n) is 14.2. The highest BCUT2D eigenvalue weighted by Crippen LogP contribution is 2.32. The molecule has 1 aliphatic heterocycles. The molecule has 0 aliphatic carbocycles. The molecule has 0 unspecified atom stereocenters. The van der Waals surface area contributed by atoms with Crippen molar-refractivity contribution in [1.29, 1.82) is 0 Å². The van der Waals surface area contributed by atoms with E-state index < -0.39 is 17.3 Å². The first-order chi connectivity index (χ1) is 20.6. The number of nitrogens with one attached hydrogen (secondary N) is 1. The predicted molar refractivity (Wildman–Crippen MR) is 164 cm³/mol. The van der Waals surface area contributed by atoms with Crippen LogP contribution < -0.4 is 20.5 Å². The van der Waals surface area contributed by atoms with Gasteiger partial charge in [-0.05, 0) is 62.2 Å². The summed E-state index contributed by atoms with van der Waals surface area (Å²) in [6.45, 7) is 6.50. The third-order valence-corrected chi connectivity index (χ3v) is 7.62. The number of rotatable bonds is 12. The summed E-state index contributed by atoms with van der Waals surface area (Å²) in [6.07, 6.45) is 2.78. The molecule has 1 fully saturated rings. The molecule has 3 aromatic rings. The molecule has 0 saturated carbocycles. The zero-order chi connectivity index (χ0) is 31.1. The first-order valence-corrected chi connectivity index (χ1v) is 14.2. The number of hydrogen-bond donors (Lipinski definition) is 1. The summed E-state index contributed by atoms with van der Waals surface area (Å²) in [5.74, 6) is -0.664. The number of carbonyl (C=O) groups excluding carboxylic acids is 1. The SMILES string of the molecule is COC(=O)c1cc(-c2cc(F)ccc2OCCC[C@@H](C)CNc2cc(N3CCN(C)CC3)ccc2[N+](=O)[O-])c(=O)n(C)c1. The zero-order valence-corrected chi connectivity index (χ0v) is 25.0. The van der Waals surface area contributed by atoms with Crippen molar-refractivity contribution < 1.29 is 23.6 Å². The second-order valence-corrected chi connectivity index (χ2v) is 10.9. The van der Waals surface area contributed by atoms with E-state index in [0.29, 0.717) is 31.0 Å². The van der Waals surface area contributed by atoms with E-state index in [-0.39, 0.29) is 33.2 Å². The van der Waals surface area contributed by atoms with E-state index in [1.165, 1.54) is 49.2 Å². The molecule has 0 bridgehead atoms. The van der Waals surface area contributed by atoms with Crippen LogP contribution in [0.3, 0.4) is 0 Å². The van der Waals surface area contributed by atoms with Gasteiger partial charge in [-0.3, -0.25) is 14.9 Å². The van der Waals surface area contributed by atoms with E-state index in [9.17, 15) is 24.1 Å². The summed E-state index contributed by atoms with van der Waals surface area (Å²) in [5.41, 5.74) is 1.62. The number of anilines is 2. The molecule has 12 heteroatoms. The maximum atomic E-state index is 14.2. The number of methoxy groups -OCH3 is 1. The van der Waals surface area contributed by atoms with Crippen LogP contribution in [0.2, 0.25) is 0 Å². The number of halogens is 1. The zero-order valence-electron chi connectivity index (χ0n) is 25.0. The number of esters is 1. The van der Waals surface area contributed by atoms with Crippen LogP contribution in [0.25, 0.3) is 11.1 Å². The fourth-order valence-electron chi connectivity index (χ4n) is 5.06. The van der Waals surface area contributed by atoms with Crippen LogP contribution in [0.5, 0.6) is 5.75 Å². The molecule has 2 aromatic carbocycles. The third-order valence-electron chi connectivity index (χ3n) is 7.62. The number of aryl methyl sites for hydroxylation is 1. The van der Waals surface area contributed by atoms with E-state index in [0.717, 1.165) is 38.3 Å². The van der Waals surface area contributed by atoms with Crippen molar-refractivity contribution in [3.8, 4) is 16.9 Å². The Labute approximate surface area is 250 Å². The molecular formula is C31H38FN5O6. The van der Waals surface area contributed by atoms with E-state index >= 15 is 0 Å². The molecule has 0 amide bonds. The molecule has 1 atom stereocenters. The Hall–Kier alpha value is -4.45. The number of benzene rings is 2. The minimum atomic E-state index is -0.616. The topological polar surface area (TPSA) is 119 Å². The molecule has 0 radical (unpaired) electrons. The molecule has 1 aliphatic rings. The molecule has 43 heavy (non-hydrogen) atoms. The molecule has 11 nitrogen and oxygen atoms in total. The van der Waals surface area contributed by atoms with Crippen molar-refractivity contribution in [2.45, 2.75) is 19.8 Å². The van der Waals surface area contributed by atoms with Crippen LogP contribution >= 0.6 is 0 Å². The largest absolute Gasteiger partial charge is 0.493 e. The fourth-order valence-corrected chi connectivity index (χ4v) is 5.06. The lowest BCUT2D eigenvalue weighted by atomic mass is 10.0. The number of likely N-dealkylation sites (N-methyl/N-ethyl adjacent to an activating group) is 1. The summed E-state index contributed by atoms with van der Waals surface area (Å²) < 4.78 is 26.2. The number of piperazine rings is 1. The van der Waals surface area contributed by atoms with Crippen molar-refractivity contribution in [3.63, 3.8) is 0 Å². The molecule has 0 spiro atoms. The van der Waals surface area contributed by atoms with Crippen LogP contribution in [-0.4, -0.2) is 73.8 Å². The number of carbonyl (C=O) groups is 1. The van der Waals surface area contributed by atoms with Crippen LogP contribution in [0.4, 0.5) is 21.5 Å². The van der Waals surface area contributed by atoms with Gasteiger partial charge in [-0.1, -0.05) is 6.92 Å². The van der Waals surface area contributed by atoms with Gasteiger partial charge in [-0.2, -0.15) is 0 Å². The van der Waals surface area contributed by atoms with Gasteiger partial charge in [0.25, 0.3) is 11.2 Å². The molecule has 1 aromatic heterocycles. The molecule has 230 valence electrons. The Morgan fingerprint density at radius 3 is 2.53 bits per heavy atom. The van der Waals surface area contributed by atoms with Gasteiger partial charge in [0, 0.05) is 63.3 Å². The van der Waals surface area contributed by atoms with E-state index in [2.05, 4.69) is 29.1 Å². The highest BCUT2D eigenvalue weighted by atomic mass is 19.1. The van der Waals surface area contributed by atoms with Gasteiger partial charge in [0.1, 0.15) is 17.3 Å². The van der Waals surface area contributed by atoms with E-state index in [1.54, 1.807) is 12.1 Å². The maximum Gasteiger partial charge on any atom is 0.339 e. The molecule has 2 heterocycles. The van der Waals surface area contributed by atoms with Gasteiger partial charge >= 0.3 is 5.97 Å². The molecule has 4 rings (SSSR count). The van der Waals surface area contributed by atoms with Crippen molar-refractivity contribution in [2.24, 2.45) is 13.0 Å². The average Bonchev–Trinajstić information content (AvgIpc) is 2.99. The van der Waals surface area contributed by atoms with Crippen LogP contribution in [0.15, 0.2) is 53.5 Å². The van der Waals surface area contributed by atoms with Crippen LogP contribution in [0.1, 0.15) is 30.1 Å². The monoisotopic (exact) mass is 595 g/mol. The Kier molecular flexibility index (Phi) is 10.4. The quantitative estimate of drug-likeness (QED) is 0.139. The minimum Gasteiger partial charge on any atom is -0.493 e.